The van der Waals surface area contributed by atoms with E-state index in [-0.39, 0.29) is 11.5 Å². The highest BCUT2D eigenvalue weighted by Gasteiger charge is 2.20. The fraction of sp³-hybridized carbons (Fsp3) is 0.353. The molecule has 2 rings (SSSR count). The van der Waals surface area contributed by atoms with Crippen molar-refractivity contribution in [2.24, 2.45) is 5.41 Å². The van der Waals surface area contributed by atoms with E-state index in [1.165, 1.54) is 5.56 Å². The van der Waals surface area contributed by atoms with Gasteiger partial charge < -0.3 is 5.32 Å². The standard InChI is InChI=1S/C17H22N2/c1-17(2,3)13-15(14-9-5-4-6-10-14)19-16-11-7-8-12-18-16/h4-12,15H,13H2,1-3H3,(H,18,19)/t15-/m0/s1. The normalized spacial score (nSPS) is 13.0. The lowest BCUT2D eigenvalue weighted by atomic mass is 9.85. The number of hydrogen-bond donors (Lipinski definition) is 1. The van der Waals surface area contributed by atoms with Crippen molar-refractivity contribution in [3.8, 4) is 0 Å². The van der Waals surface area contributed by atoms with E-state index in [9.17, 15) is 0 Å². The minimum atomic E-state index is 0.266. The Hall–Kier alpha value is -1.83. The van der Waals surface area contributed by atoms with Crippen LogP contribution in [0.4, 0.5) is 5.82 Å². The van der Waals surface area contributed by atoms with Gasteiger partial charge in [0.05, 0.1) is 6.04 Å². The molecule has 0 fully saturated rings. The number of hydrogen-bond acceptors (Lipinski definition) is 2. The molecular formula is C17H22N2. The summed E-state index contributed by atoms with van der Waals surface area (Å²) in [6.45, 7) is 6.80. The van der Waals surface area contributed by atoms with E-state index in [0.717, 1.165) is 12.2 Å². The van der Waals surface area contributed by atoms with Crippen molar-refractivity contribution in [1.82, 2.24) is 4.98 Å². The second-order valence-corrected chi connectivity index (χ2v) is 6.09. The first-order valence-corrected chi connectivity index (χ1v) is 6.77. The van der Waals surface area contributed by atoms with Gasteiger partial charge >= 0.3 is 0 Å². The Labute approximate surface area is 115 Å². The Kier molecular flexibility index (Phi) is 4.20. The Morgan fingerprint density at radius 3 is 2.26 bits per heavy atom. The van der Waals surface area contributed by atoms with Crippen molar-refractivity contribution in [3.63, 3.8) is 0 Å². The first-order valence-electron chi connectivity index (χ1n) is 6.77. The van der Waals surface area contributed by atoms with Gasteiger partial charge in [0, 0.05) is 6.20 Å². The maximum absolute atomic E-state index is 4.36. The number of nitrogens with zero attached hydrogens (tertiary/aromatic N) is 1. The number of anilines is 1. The van der Waals surface area contributed by atoms with E-state index in [1.807, 2.05) is 24.4 Å². The molecule has 0 bridgehead atoms. The van der Waals surface area contributed by atoms with Crippen LogP contribution in [0.5, 0.6) is 0 Å². The average Bonchev–Trinajstić information content (AvgIpc) is 2.39. The third kappa shape index (κ3) is 4.40. The Morgan fingerprint density at radius 1 is 1.00 bits per heavy atom. The first kappa shape index (κ1) is 13.6. The number of aromatic nitrogens is 1. The van der Waals surface area contributed by atoms with Crippen molar-refractivity contribution < 1.29 is 0 Å². The molecule has 1 aromatic carbocycles. The summed E-state index contributed by atoms with van der Waals surface area (Å²) < 4.78 is 0. The van der Waals surface area contributed by atoms with Crippen LogP contribution in [0.1, 0.15) is 38.8 Å². The Morgan fingerprint density at radius 2 is 1.68 bits per heavy atom. The second-order valence-electron chi connectivity index (χ2n) is 6.09. The predicted molar refractivity (Wildman–Crippen MR) is 81.1 cm³/mol. The molecule has 0 radical (unpaired) electrons. The highest BCUT2D eigenvalue weighted by atomic mass is 15.0. The quantitative estimate of drug-likeness (QED) is 0.857. The SMILES string of the molecule is CC(C)(C)C[C@H](Nc1ccccn1)c1ccccc1. The molecule has 2 heteroatoms. The average molecular weight is 254 g/mol. The summed E-state index contributed by atoms with van der Waals surface area (Å²) in [4.78, 5) is 4.36. The number of nitrogens with one attached hydrogen (secondary N) is 1. The van der Waals surface area contributed by atoms with E-state index in [1.54, 1.807) is 0 Å². The van der Waals surface area contributed by atoms with Crippen LogP contribution in [0.2, 0.25) is 0 Å². The van der Waals surface area contributed by atoms with Crippen LogP contribution >= 0.6 is 0 Å². The van der Waals surface area contributed by atoms with Crippen LogP contribution in [0, 0.1) is 5.41 Å². The minimum absolute atomic E-state index is 0.266. The molecule has 2 aromatic rings. The molecule has 0 aliphatic carbocycles. The zero-order valence-electron chi connectivity index (χ0n) is 11.9. The van der Waals surface area contributed by atoms with Gasteiger partial charge in [0.25, 0.3) is 0 Å². The third-order valence-electron chi connectivity index (χ3n) is 3.01. The van der Waals surface area contributed by atoms with Gasteiger partial charge in [-0.2, -0.15) is 0 Å². The highest BCUT2D eigenvalue weighted by Crippen LogP contribution is 2.31. The van der Waals surface area contributed by atoms with E-state index < -0.39 is 0 Å². The summed E-state index contributed by atoms with van der Waals surface area (Å²) in [5.41, 5.74) is 1.57. The van der Waals surface area contributed by atoms with Gasteiger partial charge in [-0.25, -0.2) is 4.98 Å². The molecule has 1 N–H and O–H groups in total. The molecule has 0 amide bonds. The molecule has 19 heavy (non-hydrogen) atoms. The van der Waals surface area contributed by atoms with Gasteiger partial charge in [0.15, 0.2) is 0 Å². The molecule has 0 spiro atoms. The maximum Gasteiger partial charge on any atom is 0.126 e. The lowest BCUT2D eigenvalue weighted by Gasteiger charge is -2.27. The molecule has 100 valence electrons. The van der Waals surface area contributed by atoms with Gasteiger partial charge in [-0.15, -0.1) is 0 Å². The van der Waals surface area contributed by atoms with Gasteiger partial charge in [0.2, 0.25) is 0 Å². The zero-order valence-corrected chi connectivity index (χ0v) is 11.9. The fourth-order valence-electron chi connectivity index (χ4n) is 2.18. The third-order valence-corrected chi connectivity index (χ3v) is 3.01. The van der Waals surface area contributed by atoms with E-state index >= 15 is 0 Å². The summed E-state index contributed by atoms with van der Waals surface area (Å²) >= 11 is 0. The molecular weight excluding hydrogens is 232 g/mol. The fourth-order valence-corrected chi connectivity index (χ4v) is 2.18. The van der Waals surface area contributed by atoms with Crippen LogP contribution in [-0.4, -0.2) is 4.98 Å². The molecule has 1 atom stereocenters. The molecule has 2 nitrogen and oxygen atoms in total. The smallest absolute Gasteiger partial charge is 0.126 e. The lowest BCUT2D eigenvalue weighted by Crippen LogP contribution is -2.19. The summed E-state index contributed by atoms with van der Waals surface area (Å²) in [6, 6.07) is 16.8. The predicted octanol–water partition coefficient (Wildman–Crippen LogP) is 4.67. The highest BCUT2D eigenvalue weighted by molar-refractivity contribution is 5.38. The molecule has 1 heterocycles. The zero-order chi connectivity index (χ0) is 13.7. The van der Waals surface area contributed by atoms with E-state index in [2.05, 4.69) is 61.4 Å². The minimum Gasteiger partial charge on any atom is -0.363 e. The van der Waals surface area contributed by atoms with Gasteiger partial charge in [0.1, 0.15) is 5.82 Å². The van der Waals surface area contributed by atoms with Crippen LogP contribution in [0.25, 0.3) is 0 Å². The summed E-state index contributed by atoms with van der Waals surface area (Å²) in [5.74, 6) is 0.931. The van der Waals surface area contributed by atoms with Crippen molar-refractivity contribution in [2.45, 2.75) is 33.2 Å². The van der Waals surface area contributed by atoms with E-state index in [4.69, 9.17) is 0 Å². The van der Waals surface area contributed by atoms with Crippen molar-refractivity contribution in [3.05, 3.63) is 60.3 Å². The van der Waals surface area contributed by atoms with Crippen LogP contribution in [-0.2, 0) is 0 Å². The number of rotatable bonds is 4. The van der Waals surface area contributed by atoms with Crippen molar-refractivity contribution >= 4 is 5.82 Å². The second kappa shape index (κ2) is 5.87. The first-order chi connectivity index (χ1) is 9.04. The molecule has 1 aromatic heterocycles. The monoisotopic (exact) mass is 254 g/mol. The number of benzene rings is 1. The summed E-state index contributed by atoms with van der Waals surface area (Å²) in [7, 11) is 0. The van der Waals surface area contributed by atoms with E-state index in [0.29, 0.717) is 0 Å². The molecule has 0 aliphatic heterocycles. The van der Waals surface area contributed by atoms with Crippen LogP contribution < -0.4 is 5.32 Å². The summed E-state index contributed by atoms with van der Waals surface area (Å²) in [5, 5.41) is 3.54. The molecule has 0 saturated carbocycles. The Bertz CT molecular complexity index is 486. The van der Waals surface area contributed by atoms with Gasteiger partial charge in [-0.05, 0) is 29.5 Å². The number of pyridine rings is 1. The summed E-state index contributed by atoms with van der Waals surface area (Å²) in [6.07, 6.45) is 2.88. The van der Waals surface area contributed by atoms with Crippen molar-refractivity contribution in [2.75, 3.05) is 5.32 Å². The lowest BCUT2D eigenvalue weighted by molar-refractivity contribution is 0.352. The maximum atomic E-state index is 4.36. The topological polar surface area (TPSA) is 24.9 Å². The van der Waals surface area contributed by atoms with Gasteiger partial charge in [-0.1, -0.05) is 57.2 Å². The molecule has 0 aliphatic rings. The van der Waals surface area contributed by atoms with Crippen molar-refractivity contribution in [1.29, 1.82) is 0 Å². The van der Waals surface area contributed by atoms with Crippen LogP contribution in [0.3, 0.4) is 0 Å². The Balaban J connectivity index is 2.20. The largest absolute Gasteiger partial charge is 0.363 e. The molecule has 0 saturated heterocycles. The molecule has 0 unspecified atom stereocenters. The van der Waals surface area contributed by atoms with Crippen LogP contribution in [0.15, 0.2) is 54.7 Å². The van der Waals surface area contributed by atoms with Gasteiger partial charge in [-0.3, -0.25) is 0 Å².